The minimum atomic E-state index is -0.0249. The maximum absolute atomic E-state index is 12.5. The van der Waals surface area contributed by atoms with Crippen LogP contribution in [0.25, 0.3) is 11.4 Å². The van der Waals surface area contributed by atoms with E-state index in [-0.39, 0.29) is 17.4 Å². The Morgan fingerprint density at radius 2 is 1.93 bits per heavy atom. The first-order valence-electron chi connectivity index (χ1n) is 8.99. The molecule has 0 radical (unpaired) electrons. The van der Waals surface area contributed by atoms with Gasteiger partial charge in [-0.25, -0.2) is 0 Å². The van der Waals surface area contributed by atoms with Crippen molar-refractivity contribution in [1.82, 2.24) is 14.8 Å². The number of hydrogen-bond donors (Lipinski definition) is 1. The van der Waals surface area contributed by atoms with Gasteiger partial charge in [-0.05, 0) is 43.7 Å². The van der Waals surface area contributed by atoms with E-state index in [1.807, 2.05) is 31.5 Å². The van der Waals surface area contributed by atoms with Crippen LogP contribution >= 0.6 is 11.8 Å². The normalized spacial score (nSPS) is 10.8. The number of nitrogens with one attached hydrogen (secondary N) is 1. The summed E-state index contributed by atoms with van der Waals surface area (Å²) < 4.78 is 7.17. The van der Waals surface area contributed by atoms with Gasteiger partial charge in [-0.15, -0.1) is 10.2 Å². The highest BCUT2D eigenvalue weighted by Crippen LogP contribution is 2.26. The molecule has 2 aromatic heterocycles. The highest BCUT2D eigenvalue weighted by molar-refractivity contribution is 7.99. The van der Waals surface area contributed by atoms with Gasteiger partial charge in [0.25, 0.3) is 0 Å². The average molecular weight is 398 g/mol. The van der Waals surface area contributed by atoms with Gasteiger partial charge in [0.1, 0.15) is 5.76 Å². The number of thioether (sulfide) groups is 1. The number of ketones is 1. The van der Waals surface area contributed by atoms with Gasteiger partial charge in [0.2, 0.25) is 5.91 Å². The highest BCUT2D eigenvalue weighted by Gasteiger charge is 2.16. The maximum atomic E-state index is 12.5. The predicted octanol–water partition coefficient (Wildman–Crippen LogP) is 4.10. The molecule has 8 heteroatoms. The Kier molecular flexibility index (Phi) is 6.30. The van der Waals surface area contributed by atoms with Gasteiger partial charge in [0.05, 0.1) is 17.6 Å². The van der Waals surface area contributed by atoms with Crippen LogP contribution in [0.4, 0.5) is 5.69 Å². The summed E-state index contributed by atoms with van der Waals surface area (Å²) in [6.45, 7) is 3.82. The number of aryl methyl sites for hydroxylation is 1. The zero-order valence-electron chi connectivity index (χ0n) is 16.1. The monoisotopic (exact) mass is 398 g/mol. The van der Waals surface area contributed by atoms with Gasteiger partial charge in [0.15, 0.2) is 16.8 Å². The Labute approximate surface area is 167 Å². The molecule has 0 aliphatic carbocycles. The molecule has 0 saturated carbocycles. The fraction of sp³-hybridized carbons (Fsp3) is 0.300. The third kappa shape index (κ3) is 4.51. The van der Waals surface area contributed by atoms with Gasteiger partial charge in [0, 0.05) is 24.7 Å². The summed E-state index contributed by atoms with van der Waals surface area (Å²) in [5.41, 5.74) is 2.17. The van der Waals surface area contributed by atoms with Crippen LogP contribution in [0.15, 0.2) is 46.2 Å². The molecule has 0 aliphatic rings. The second-order valence-corrected chi connectivity index (χ2v) is 7.29. The molecule has 1 amide bonds. The van der Waals surface area contributed by atoms with E-state index in [0.717, 1.165) is 17.7 Å². The lowest BCUT2D eigenvalue weighted by molar-refractivity contribution is -0.116. The van der Waals surface area contributed by atoms with Gasteiger partial charge in [-0.3, -0.25) is 9.59 Å². The average Bonchev–Trinajstić information content (AvgIpc) is 3.25. The summed E-state index contributed by atoms with van der Waals surface area (Å²) in [5, 5.41) is 11.9. The number of amides is 1. The van der Waals surface area contributed by atoms with Crippen molar-refractivity contribution >= 4 is 29.1 Å². The van der Waals surface area contributed by atoms with Crippen LogP contribution in [-0.4, -0.2) is 32.2 Å². The van der Waals surface area contributed by atoms with E-state index in [1.165, 1.54) is 11.8 Å². The molecular formula is C20H22N4O3S. The van der Waals surface area contributed by atoms with Crippen molar-refractivity contribution in [3.05, 3.63) is 47.9 Å². The van der Waals surface area contributed by atoms with Crippen LogP contribution < -0.4 is 5.32 Å². The first-order valence-corrected chi connectivity index (χ1v) is 9.98. The number of carbonyl (C=O) groups is 2. The Balaban J connectivity index is 1.61. The van der Waals surface area contributed by atoms with E-state index in [0.29, 0.717) is 28.7 Å². The van der Waals surface area contributed by atoms with Crippen LogP contribution in [0, 0.1) is 6.92 Å². The molecule has 0 unspecified atom stereocenters. The Hall–Kier alpha value is -2.87. The summed E-state index contributed by atoms with van der Waals surface area (Å²) in [5.74, 6) is 1.68. The van der Waals surface area contributed by atoms with E-state index in [4.69, 9.17) is 4.42 Å². The molecule has 3 rings (SSSR count). The third-order valence-electron chi connectivity index (χ3n) is 4.23. The molecular weight excluding hydrogens is 376 g/mol. The number of rotatable bonds is 8. The maximum Gasteiger partial charge on any atom is 0.224 e. The number of anilines is 1. The predicted molar refractivity (Wildman–Crippen MR) is 108 cm³/mol. The molecule has 0 spiro atoms. The topological polar surface area (TPSA) is 90.0 Å². The van der Waals surface area contributed by atoms with E-state index in [9.17, 15) is 9.59 Å². The number of hydrogen-bond acceptors (Lipinski definition) is 6. The van der Waals surface area contributed by atoms with Crippen LogP contribution in [-0.2, 0) is 11.8 Å². The molecule has 2 heterocycles. The van der Waals surface area contributed by atoms with Gasteiger partial charge in [-0.2, -0.15) is 0 Å². The molecule has 0 aliphatic heterocycles. The smallest absolute Gasteiger partial charge is 0.224 e. The standard InChI is InChI=1S/C20H22N4O3S/c1-4-5-18(26)21-15-8-6-14(7-9-15)17(25)12-28-20-23-22-19(24(20)3)16-10-11-27-13(16)2/h6-11H,4-5,12H2,1-3H3,(H,21,26). The van der Waals surface area contributed by atoms with E-state index in [1.54, 1.807) is 30.5 Å². The first kappa shape index (κ1) is 19.9. The molecule has 0 fully saturated rings. The molecule has 1 aromatic carbocycles. The molecule has 146 valence electrons. The lowest BCUT2D eigenvalue weighted by Gasteiger charge is -2.06. The number of furan rings is 1. The molecule has 0 saturated heterocycles. The molecule has 28 heavy (non-hydrogen) atoms. The van der Waals surface area contributed by atoms with E-state index >= 15 is 0 Å². The van der Waals surface area contributed by atoms with Gasteiger partial charge in [-0.1, -0.05) is 18.7 Å². The second-order valence-electron chi connectivity index (χ2n) is 6.34. The van der Waals surface area contributed by atoms with E-state index < -0.39 is 0 Å². The second kappa shape index (κ2) is 8.88. The number of carbonyl (C=O) groups excluding carboxylic acids is 2. The zero-order valence-corrected chi connectivity index (χ0v) is 16.9. The minimum absolute atomic E-state index is 0.0134. The number of benzene rings is 1. The van der Waals surface area contributed by atoms with Crippen molar-refractivity contribution in [3.63, 3.8) is 0 Å². The summed E-state index contributed by atoms with van der Waals surface area (Å²) in [4.78, 5) is 24.1. The van der Waals surface area contributed by atoms with Crippen LogP contribution in [0.1, 0.15) is 35.9 Å². The summed E-state index contributed by atoms with van der Waals surface area (Å²) >= 11 is 1.33. The first-order chi connectivity index (χ1) is 13.5. The van der Waals surface area contributed by atoms with Crippen molar-refractivity contribution in [2.45, 2.75) is 31.8 Å². The highest BCUT2D eigenvalue weighted by atomic mass is 32.2. The molecule has 0 atom stereocenters. The lowest BCUT2D eigenvalue weighted by Crippen LogP contribution is -2.11. The van der Waals surface area contributed by atoms with Crippen LogP contribution in [0.3, 0.4) is 0 Å². The fourth-order valence-electron chi connectivity index (χ4n) is 2.70. The van der Waals surface area contributed by atoms with Crippen LogP contribution in [0.5, 0.6) is 0 Å². The van der Waals surface area contributed by atoms with E-state index in [2.05, 4.69) is 15.5 Å². The molecule has 0 bridgehead atoms. The Bertz CT molecular complexity index is 976. The molecule has 3 aromatic rings. The summed E-state index contributed by atoms with van der Waals surface area (Å²) in [6.07, 6.45) is 2.89. The number of Topliss-reactive ketones (excluding diaryl/α,β-unsaturated/α-hetero) is 1. The van der Waals surface area contributed by atoms with Crippen molar-refractivity contribution < 1.29 is 14.0 Å². The summed E-state index contributed by atoms with van der Waals surface area (Å²) in [7, 11) is 1.86. The van der Waals surface area contributed by atoms with Crippen molar-refractivity contribution in [1.29, 1.82) is 0 Å². The van der Waals surface area contributed by atoms with Crippen LogP contribution in [0.2, 0.25) is 0 Å². The molecule has 7 nitrogen and oxygen atoms in total. The molecule has 1 N–H and O–H groups in total. The SMILES string of the molecule is CCCC(=O)Nc1ccc(C(=O)CSc2nnc(-c3ccoc3C)n2C)cc1. The van der Waals surface area contributed by atoms with Crippen molar-refractivity contribution in [2.75, 3.05) is 11.1 Å². The largest absolute Gasteiger partial charge is 0.469 e. The Morgan fingerprint density at radius 3 is 2.57 bits per heavy atom. The lowest BCUT2D eigenvalue weighted by atomic mass is 10.1. The summed E-state index contributed by atoms with van der Waals surface area (Å²) in [6, 6.07) is 8.78. The van der Waals surface area contributed by atoms with Gasteiger partial charge < -0.3 is 14.3 Å². The Morgan fingerprint density at radius 1 is 1.18 bits per heavy atom. The zero-order chi connectivity index (χ0) is 20.1. The van der Waals surface area contributed by atoms with Crippen molar-refractivity contribution in [3.8, 4) is 11.4 Å². The third-order valence-corrected chi connectivity index (χ3v) is 5.25. The minimum Gasteiger partial charge on any atom is -0.469 e. The van der Waals surface area contributed by atoms with Crippen molar-refractivity contribution in [2.24, 2.45) is 7.05 Å². The fourth-order valence-corrected chi connectivity index (χ4v) is 3.50. The number of aromatic nitrogens is 3. The quantitative estimate of drug-likeness (QED) is 0.454. The van der Waals surface area contributed by atoms with Gasteiger partial charge >= 0.3 is 0 Å². The number of nitrogens with zero attached hydrogens (tertiary/aromatic N) is 3.